The highest BCUT2D eigenvalue weighted by Crippen LogP contribution is 2.14. The molecule has 1 fully saturated rings. The van der Waals surface area contributed by atoms with Gasteiger partial charge in [0.2, 0.25) is 0 Å². The van der Waals surface area contributed by atoms with Gasteiger partial charge in [-0.1, -0.05) is 19.8 Å². The van der Waals surface area contributed by atoms with E-state index < -0.39 is 0 Å². The maximum absolute atomic E-state index is 4.05. The molecule has 0 aromatic carbocycles. The van der Waals surface area contributed by atoms with Crippen molar-refractivity contribution >= 4 is 24.4 Å². The minimum absolute atomic E-state index is 1.05. The summed E-state index contributed by atoms with van der Waals surface area (Å²) in [5.74, 6) is 3.88. The lowest BCUT2D eigenvalue weighted by atomic mass is 10.3. The summed E-state index contributed by atoms with van der Waals surface area (Å²) in [6, 6.07) is 0. The Morgan fingerprint density at radius 2 is 1.82 bits per heavy atom. The zero-order valence-corrected chi connectivity index (χ0v) is 9.22. The summed E-state index contributed by atoms with van der Waals surface area (Å²) in [7, 11) is 0. The predicted molar refractivity (Wildman–Crippen MR) is 59.9 cm³/mol. The Morgan fingerprint density at radius 1 is 1.18 bits per heavy atom. The van der Waals surface area contributed by atoms with Crippen LogP contribution in [0.2, 0.25) is 0 Å². The molecule has 0 saturated carbocycles. The molecule has 0 bridgehead atoms. The van der Waals surface area contributed by atoms with Gasteiger partial charge in [0.15, 0.2) is 0 Å². The third-order valence-electron chi connectivity index (χ3n) is 1.59. The van der Waals surface area contributed by atoms with E-state index in [1.54, 1.807) is 0 Å². The van der Waals surface area contributed by atoms with Crippen molar-refractivity contribution in [3.05, 3.63) is 0 Å². The van der Waals surface area contributed by atoms with Crippen LogP contribution in [0, 0.1) is 0 Å². The molecule has 0 atom stereocenters. The molecule has 1 heterocycles. The van der Waals surface area contributed by atoms with Crippen LogP contribution in [0.25, 0.3) is 0 Å². The Morgan fingerprint density at radius 3 is 2.00 bits per heavy atom. The molecule has 0 unspecified atom stereocenters. The number of unbranched alkanes of at least 4 members (excludes halogenated alkanes) is 2. The molecule has 0 aromatic heterocycles. The van der Waals surface area contributed by atoms with Gasteiger partial charge in [0.1, 0.15) is 0 Å². The summed E-state index contributed by atoms with van der Waals surface area (Å²) in [5.41, 5.74) is 0. The Kier molecular flexibility index (Phi) is 11.4. The Balaban J connectivity index is 0.000000183. The largest absolute Gasteiger partial charge is 0.179 e. The second kappa shape index (κ2) is 10.7. The highest BCUT2D eigenvalue weighted by molar-refractivity contribution is 7.99. The van der Waals surface area contributed by atoms with Crippen LogP contribution in [-0.4, -0.2) is 17.3 Å². The summed E-state index contributed by atoms with van der Waals surface area (Å²) in [4.78, 5) is 0. The van der Waals surface area contributed by atoms with Crippen molar-refractivity contribution in [3.8, 4) is 0 Å². The highest BCUT2D eigenvalue weighted by Gasteiger charge is 1.95. The lowest BCUT2D eigenvalue weighted by Gasteiger charge is -1.85. The topological polar surface area (TPSA) is 0 Å². The van der Waals surface area contributed by atoms with Crippen LogP contribution in [0.15, 0.2) is 0 Å². The number of hydrogen-bond donors (Lipinski definition) is 1. The van der Waals surface area contributed by atoms with E-state index in [1.807, 2.05) is 0 Å². The van der Waals surface area contributed by atoms with E-state index >= 15 is 0 Å². The van der Waals surface area contributed by atoms with Crippen LogP contribution < -0.4 is 0 Å². The monoisotopic (exact) mass is 192 g/mol. The van der Waals surface area contributed by atoms with Crippen LogP contribution in [0.4, 0.5) is 0 Å². The molecular formula is C9H20S2. The van der Waals surface area contributed by atoms with Crippen molar-refractivity contribution in [2.45, 2.75) is 39.0 Å². The van der Waals surface area contributed by atoms with Crippen molar-refractivity contribution in [1.82, 2.24) is 0 Å². The average Bonchev–Trinajstić information content (AvgIpc) is 2.57. The second-order valence-electron chi connectivity index (χ2n) is 2.75. The van der Waals surface area contributed by atoms with Gasteiger partial charge in [-0.2, -0.15) is 24.4 Å². The minimum atomic E-state index is 1.05. The van der Waals surface area contributed by atoms with E-state index in [9.17, 15) is 0 Å². The smallest absolute Gasteiger partial charge is 0.00672 e. The van der Waals surface area contributed by atoms with Gasteiger partial charge in [-0.05, 0) is 36.5 Å². The fraction of sp³-hybridized carbons (Fsp3) is 1.00. The van der Waals surface area contributed by atoms with Crippen molar-refractivity contribution < 1.29 is 0 Å². The van der Waals surface area contributed by atoms with Crippen molar-refractivity contribution in [2.75, 3.05) is 17.3 Å². The lowest BCUT2D eigenvalue weighted by molar-refractivity contribution is 0.780. The molecule has 0 spiro atoms. The molecule has 0 radical (unpaired) electrons. The summed E-state index contributed by atoms with van der Waals surface area (Å²) in [6.07, 6.45) is 6.85. The quantitative estimate of drug-likeness (QED) is 0.526. The number of rotatable bonds is 3. The first-order chi connectivity index (χ1) is 5.41. The van der Waals surface area contributed by atoms with Crippen LogP contribution >= 0.6 is 24.4 Å². The number of thioether (sulfide) groups is 1. The van der Waals surface area contributed by atoms with Crippen LogP contribution in [0.3, 0.4) is 0 Å². The fourth-order valence-corrected chi connectivity index (χ4v) is 2.12. The minimum Gasteiger partial charge on any atom is -0.179 e. The van der Waals surface area contributed by atoms with Gasteiger partial charge in [0, 0.05) is 0 Å². The van der Waals surface area contributed by atoms with Crippen LogP contribution in [-0.2, 0) is 0 Å². The molecule has 11 heavy (non-hydrogen) atoms. The molecule has 0 aliphatic carbocycles. The van der Waals surface area contributed by atoms with Gasteiger partial charge in [-0.3, -0.25) is 0 Å². The first kappa shape index (κ1) is 11.7. The summed E-state index contributed by atoms with van der Waals surface area (Å²) >= 11 is 6.13. The molecule has 0 aromatic rings. The lowest BCUT2D eigenvalue weighted by Crippen LogP contribution is -1.70. The first-order valence-corrected chi connectivity index (χ1v) is 6.39. The summed E-state index contributed by atoms with van der Waals surface area (Å²) in [5, 5.41) is 0. The molecule has 1 aliphatic rings. The van der Waals surface area contributed by atoms with Crippen LogP contribution in [0.1, 0.15) is 39.0 Å². The van der Waals surface area contributed by atoms with E-state index in [0.717, 1.165) is 5.75 Å². The molecule has 1 aliphatic heterocycles. The second-order valence-corrected chi connectivity index (χ2v) is 4.42. The zero-order chi connectivity index (χ0) is 8.36. The number of hydrogen-bond acceptors (Lipinski definition) is 2. The summed E-state index contributed by atoms with van der Waals surface area (Å²) < 4.78 is 0. The standard InChI is InChI=1S/C5H12S.C4H8S/c1-2-3-4-5-6;1-2-4-5-3-1/h6H,2-5H2,1H3;1-4H2. The summed E-state index contributed by atoms with van der Waals surface area (Å²) in [6.45, 7) is 2.20. The molecular weight excluding hydrogens is 172 g/mol. The van der Waals surface area contributed by atoms with E-state index in [0.29, 0.717) is 0 Å². The van der Waals surface area contributed by atoms with E-state index in [1.165, 1.54) is 43.6 Å². The fourth-order valence-electron chi connectivity index (χ4n) is 0.872. The maximum atomic E-state index is 4.05. The SMILES string of the molecule is C1CCSC1.CCCCCS. The molecule has 2 heteroatoms. The highest BCUT2D eigenvalue weighted by atomic mass is 32.2. The zero-order valence-electron chi connectivity index (χ0n) is 7.51. The third-order valence-corrected chi connectivity index (χ3v) is 3.06. The molecule has 0 nitrogen and oxygen atoms in total. The first-order valence-electron chi connectivity index (χ1n) is 4.60. The normalized spacial score (nSPS) is 15.8. The molecule has 68 valence electrons. The van der Waals surface area contributed by atoms with E-state index in [4.69, 9.17) is 0 Å². The molecule has 0 amide bonds. The van der Waals surface area contributed by atoms with Crippen LogP contribution in [0.5, 0.6) is 0 Å². The predicted octanol–water partition coefficient (Wildman–Crippen LogP) is 3.62. The van der Waals surface area contributed by atoms with Crippen molar-refractivity contribution in [2.24, 2.45) is 0 Å². The van der Waals surface area contributed by atoms with Gasteiger partial charge in [0.25, 0.3) is 0 Å². The Hall–Kier alpha value is 0.700. The van der Waals surface area contributed by atoms with Gasteiger partial charge in [-0.15, -0.1) is 0 Å². The molecule has 0 N–H and O–H groups in total. The van der Waals surface area contributed by atoms with E-state index in [2.05, 4.69) is 31.3 Å². The Labute approximate surface area is 80.9 Å². The average molecular weight is 192 g/mol. The van der Waals surface area contributed by atoms with Gasteiger partial charge in [0.05, 0.1) is 0 Å². The maximum Gasteiger partial charge on any atom is -0.00672 e. The van der Waals surface area contributed by atoms with Crippen molar-refractivity contribution in [3.63, 3.8) is 0 Å². The van der Waals surface area contributed by atoms with Crippen molar-refractivity contribution in [1.29, 1.82) is 0 Å². The number of thiol groups is 1. The third kappa shape index (κ3) is 10.7. The Bertz CT molecular complexity index is 49.0. The molecule has 1 rings (SSSR count). The van der Waals surface area contributed by atoms with Gasteiger partial charge >= 0.3 is 0 Å². The van der Waals surface area contributed by atoms with E-state index in [-0.39, 0.29) is 0 Å². The molecule has 1 saturated heterocycles. The van der Waals surface area contributed by atoms with Gasteiger partial charge in [-0.25, -0.2) is 0 Å². The van der Waals surface area contributed by atoms with Gasteiger partial charge < -0.3 is 0 Å².